The fourth-order valence-electron chi connectivity index (χ4n) is 1.19. The maximum absolute atomic E-state index is 11.5. The molecule has 1 heterocycles. The van der Waals surface area contributed by atoms with Crippen molar-refractivity contribution in [3.63, 3.8) is 0 Å². The highest BCUT2D eigenvalue weighted by Crippen LogP contribution is 2.18. The van der Waals surface area contributed by atoms with E-state index in [1.54, 1.807) is 0 Å². The minimum Gasteiger partial charge on any atom is -0.467 e. The van der Waals surface area contributed by atoms with Crippen LogP contribution in [-0.4, -0.2) is 29.1 Å². The molecule has 0 aliphatic rings. The van der Waals surface area contributed by atoms with Crippen molar-refractivity contribution in [1.82, 2.24) is 9.97 Å². The first-order valence-electron chi connectivity index (χ1n) is 4.87. The second-order valence-corrected chi connectivity index (χ2v) is 3.94. The van der Waals surface area contributed by atoms with Crippen LogP contribution in [0.3, 0.4) is 0 Å². The lowest BCUT2D eigenvalue weighted by Crippen LogP contribution is -2.35. The molecule has 0 saturated heterocycles. The van der Waals surface area contributed by atoms with Crippen LogP contribution in [0.25, 0.3) is 0 Å². The Kier molecular flexibility index (Phi) is 4.49. The second-order valence-electron chi connectivity index (χ2n) is 3.58. The average molecular weight is 244 g/mol. The number of nitrogens with zero attached hydrogens (tertiary/aromatic N) is 2. The third kappa shape index (κ3) is 3.06. The van der Waals surface area contributed by atoms with Gasteiger partial charge in [-0.25, -0.2) is 14.8 Å². The largest absolute Gasteiger partial charge is 0.467 e. The molecule has 0 aliphatic heterocycles. The molecule has 6 heteroatoms. The molecule has 1 N–H and O–H groups in total. The molecule has 1 rings (SSSR count). The summed E-state index contributed by atoms with van der Waals surface area (Å²) in [6.45, 7) is 3.80. The first-order chi connectivity index (χ1) is 7.56. The van der Waals surface area contributed by atoms with Gasteiger partial charge in [0.1, 0.15) is 6.04 Å². The summed E-state index contributed by atoms with van der Waals surface area (Å²) in [5, 5.41) is 3.15. The summed E-state index contributed by atoms with van der Waals surface area (Å²) in [6.07, 6.45) is 2.99. The number of anilines is 1. The molecule has 0 amide bonds. The first-order valence-corrected chi connectivity index (χ1v) is 5.25. The number of carbonyl (C=O) groups excluding carboxylic acids is 1. The highest BCUT2D eigenvalue weighted by atomic mass is 35.5. The molecule has 0 radical (unpaired) electrons. The number of hydrogen-bond acceptors (Lipinski definition) is 5. The molecular formula is C10H14ClN3O2. The van der Waals surface area contributed by atoms with Gasteiger partial charge in [0.25, 0.3) is 0 Å². The summed E-state index contributed by atoms with van der Waals surface area (Å²) >= 11 is 5.83. The van der Waals surface area contributed by atoms with E-state index >= 15 is 0 Å². The fourth-order valence-corrected chi connectivity index (χ4v) is 1.35. The maximum atomic E-state index is 11.5. The van der Waals surface area contributed by atoms with Crippen LogP contribution in [0.15, 0.2) is 12.4 Å². The van der Waals surface area contributed by atoms with Crippen molar-refractivity contribution in [3.8, 4) is 0 Å². The molecule has 0 spiro atoms. The Morgan fingerprint density at radius 2 is 2.06 bits per heavy atom. The van der Waals surface area contributed by atoms with Gasteiger partial charge in [-0.05, 0) is 5.92 Å². The van der Waals surface area contributed by atoms with E-state index in [1.165, 1.54) is 19.5 Å². The standard InChI is InChI=1S/C10H14ClN3O2/c1-6(2)7(10(15)16-3)14-9-8(11)12-4-5-13-9/h4-7H,1-3H3,(H,13,14). The van der Waals surface area contributed by atoms with Gasteiger partial charge < -0.3 is 10.1 Å². The molecule has 1 atom stereocenters. The lowest BCUT2D eigenvalue weighted by Gasteiger charge is -2.20. The predicted octanol–water partition coefficient (Wildman–Crippen LogP) is 1.74. The molecular weight excluding hydrogens is 230 g/mol. The number of nitrogens with one attached hydrogen (secondary N) is 1. The number of ether oxygens (including phenoxy) is 1. The molecule has 88 valence electrons. The van der Waals surface area contributed by atoms with E-state index in [0.717, 1.165) is 0 Å². The van der Waals surface area contributed by atoms with Crippen LogP contribution in [0.5, 0.6) is 0 Å². The molecule has 1 unspecified atom stereocenters. The number of aromatic nitrogens is 2. The van der Waals surface area contributed by atoms with Gasteiger partial charge in [0.05, 0.1) is 7.11 Å². The summed E-state index contributed by atoms with van der Waals surface area (Å²) in [5.41, 5.74) is 0. The molecule has 0 aliphatic carbocycles. The number of hydrogen-bond donors (Lipinski definition) is 1. The Balaban J connectivity index is 2.84. The van der Waals surface area contributed by atoms with Gasteiger partial charge in [-0.3, -0.25) is 0 Å². The molecule has 0 saturated carbocycles. The van der Waals surface area contributed by atoms with Gasteiger partial charge in [-0.15, -0.1) is 0 Å². The van der Waals surface area contributed by atoms with Crippen LogP contribution < -0.4 is 5.32 Å². The lowest BCUT2D eigenvalue weighted by atomic mass is 10.1. The summed E-state index contributed by atoms with van der Waals surface area (Å²) in [7, 11) is 1.34. The number of methoxy groups -OCH3 is 1. The molecule has 0 aromatic carbocycles. The first kappa shape index (κ1) is 12.7. The third-order valence-electron chi connectivity index (χ3n) is 2.07. The normalized spacial score (nSPS) is 12.3. The van der Waals surface area contributed by atoms with Crippen molar-refractivity contribution in [2.75, 3.05) is 12.4 Å². The van der Waals surface area contributed by atoms with Gasteiger partial charge in [0, 0.05) is 12.4 Å². The van der Waals surface area contributed by atoms with Crippen molar-refractivity contribution in [1.29, 1.82) is 0 Å². The minimum absolute atomic E-state index is 0.0607. The SMILES string of the molecule is COC(=O)C(Nc1nccnc1Cl)C(C)C. The summed E-state index contributed by atoms with van der Waals surface area (Å²) in [5.74, 6) is 0.0931. The number of rotatable bonds is 4. The maximum Gasteiger partial charge on any atom is 0.328 e. The van der Waals surface area contributed by atoms with Crippen molar-refractivity contribution >= 4 is 23.4 Å². The Morgan fingerprint density at radius 3 is 2.56 bits per heavy atom. The fraction of sp³-hybridized carbons (Fsp3) is 0.500. The highest BCUT2D eigenvalue weighted by Gasteiger charge is 2.24. The molecule has 0 bridgehead atoms. The summed E-state index contributed by atoms with van der Waals surface area (Å²) in [6, 6.07) is -0.487. The van der Waals surface area contributed by atoms with Crippen molar-refractivity contribution in [3.05, 3.63) is 17.5 Å². The highest BCUT2D eigenvalue weighted by molar-refractivity contribution is 6.31. The lowest BCUT2D eigenvalue weighted by molar-refractivity contribution is -0.142. The topological polar surface area (TPSA) is 64.1 Å². The molecule has 1 aromatic rings. The van der Waals surface area contributed by atoms with Crippen molar-refractivity contribution < 1.29 is 9.53 Å². The Morgan fingerprint density at radius 1 is 1.44 bits per heavy atom. The van der Waals surface area contributed by atoms with E-state index in [-0.39, 0.29) is 17.0 Å². The summed E-state index contributed by atoms with van der Waals surface area (Å²) in [4.78, 5) is 19.4. The number of carbonyl (C=O) groups is 1. The molecule has 5 nitrogen and oxygen atoms in total. The average Bonchev–Trinajstić information content (AvgIpc) is 2.26. The molecule has 0 fully saturated rings. The van der Waals surface area contributed by atoms with Gasteiger partial charge >= 0.3 is 5.97 Å². The summed E-state index contributed by atoms with van der Waals surface area (Å²) < 4.78 is 4.69. The van der Waals surface area contributed by atoms with Gasteiger partial charge in [0.15, 0.2) is 11.0 Å². The Bertz CT molecular complexity index is 371. The van der Waals surface area contributed by atoms with E-state index in [4.69, 9.17) is 16.3 Å². The van der Waals surface area contributed by atoms with E-state index in [9.17, 15) is 4.79 Å². The third-order valence-corrected chi connectivity index (χ3v) is 2.34. The van der Waals surface area contributed by atoms with Gasteiger partial charge in [-0.2, -0.15) is 0 Å². The van der Waals surface area contributed by atoms with Crippen LogP contribution in [0.1, 0.15) is 13.8 Å². The van der Waals surface area contributed by atoms with Crippen molar-refractivity contribution in [2.24, 2.45) is 5.92 Å². The van der Waals surface area contributed by atoms with Crippen LogP contribution in [-0.2, 0) is 9.53 Å². The van der Waals surface area contributed by atoms with Crippen LogP contribution in [0, 0.1) is 5.92 Å². The van der Waals surface area contributed by atoms with E-state index in [1.807, 2.05) is 13.8 Å². The van der Waals surface area contributed by atoms with E-state index < -0.39 is 6.04 Å². The molecule has 16 heavy (non-hydrogen) atoms. The molecule has 1 aromatic heterocycles. The Labute approximate surface area is 99.2 Å². The van der Waals surface area contributed by atoms with Crippen molar-refractivity contribution in [2.45, 2.75) is 19.9 Å². The number of esters is 1. The zero-order valence-electron chi connectivity index (χ0n) is 9.40. The van der Waals surface area contributed by atoms with Gasteiger partial charge in [0.2, 0.25) is 0 Å². The van der Waals surface area contributed by atoms with E-state index in [0.29, 0.717) is 5.82 Å². The van der Waals surface area contributed by atoms with Crippen LogP contribution in [0.2, 0.25) is 5.15 Å². The zero-order valence-corrected chi connectivity index (χ0v) is 10.2. The van der Waals surface area contributed by atoms with Gasteiger partial charge in [-0.1, -0.05) is 25.4 Å². The number of halogens is 1. The zero-order chi connectivity index (χ0) is 12.1. The van der Waals surface area contributed by atoms with Crippen LogP contribution in [0.4, 0.5) is 5.82 Å². The monoisotopic (exact) mass is 243 g/mol. The smallest absolute Gasteiger partial charge is 0.328 e. The van der Waals surface area contributed by atoms with Crippen LogP contribution >= 0.6 is 11.6 Å². The quantitative estimate of drug-likeness (QED) is 0.816. The van der Waals surface area contributed by atoms with E-state index in [2.05, 4.69) is 15.3 Å². The second kappa shape index (κ2) is 5.65. The predicted molar refractivity (Wildman–Crippen MR) is 61.3 cm³/mol. The minimum atomic E-state index is -0.487. The Hall–Kier alpha value is -1.36.